The molecular weight excluding hydrogens is 630 g/mol. The number of fused-ring (bicyclic) bond motifs is 2. The van der Waals surface area contributed by atoms with Gasteiger partial charge in [-0.1, -0.05) is 18.2 Å². The number of carbonyl (C=O) groups excluding carboxylic acids is 2. The maximum absolute atomic E-state index is 13.4. The minimum Gasteiger partial charge on any atom is -0.465 e. The second-order valence-electron chi connectivity index (χ2n) is 13.4. The van der Waals surface area contributed by atoms with Gasteiger partial charge in [0, 0.05) is 70.5 Å². The minimum absolute atomic E-state index is 0.0376. The molecule has 16 heteroatoms. The van der Waals surface area contributed by atoms with Crippen molar-refractivity contribution in [2.24, 2.45) is 0 Å². The van der Waals surface area contributed by atoms with Gasteiger partial charge in [-0.2, -0.15) is 10.1 Å². The fourth-order valence-electron chi connectivity index (χ4n) is 6.41. The van der Waals surface area contributed by atoms with E-state index in [9.17, 15) is 19.5 Å². The molecule has 3 amide bonds. The highest BCUT2D eigenvalue weighted by atomic mass is 16.4. The van der Waals surface area contributed by atoms with Gasteiger partial charge in [-0.3, -0.25) is 24.7 Å². The number of benzene rings is 1. The number of carboxylic acid groups (broad SMARTS) is 1. The molecule has 2 saturated heterocycles. The largest absolute Gasteiger partial charge is 0.465 e. The fourth-order valence-corrected chi connectivity index (χ4v) is 6.41. The number of hydrogen-bond acceptors (Lipinski definition) is 11. The summed E-state index contributed by atoms with van der Waals surface area (Å²) in [5.41, 5.74) is 7.39. The van der Waals surface area contributed by atoms with Crippen molar-refractivity contribution in [3.8, 4) is 0 Å². The molecule has 4 aromatic rings. The number of anilines is 2. The van der Waals surface area contributed by atoms with E-state index in [0.29, 0.717) is 54.9 Å². The van der Waals surface area contributed by atoms with Gasteiger partial charge in [0.15, 0.2) is 16.9 Å². The number of carbonyl (C=O) groups is 3. The first-order chi connectivity index (χ1) is 23.5. The molecule has 1 unspecified atom stereocenters. The summed E-state index contributed by atoms with van der Waals surface area (Å²) in [5.74, 6) is -0.520. The summed E-state index contributed by atoms with van der Waals surface area (Å²) >= 11 is 0. The number of likely N-dealkylation sites (tertiary alicyclic amines) is 1. The fraction of sp³-hybridized carbons (Fsp3) is 0.485. The summed E-state index contributed by atoms with van der Waals surface area (Å²) in [6.07, 6.45) is 5.46. The number of rotatable bonds is 9. The summed E-state index contributed by atoms with van der Waals surface area (Å²) in [6, 6.07) is 7.00. The lowest BCUT2D eigenvalue weighted by atomic mass is 10.1. The van der Waals surface area contributed by atoms with Crippen molar-refractivity contribution < 1.29 is 23.9 Å². The number of para-hydroxylation sites is 2. The summed E-state index contributed by atoms with van der Waals surface area (Å²) in [7, 11) is 0. The Hall–Kier alpha value is -5.09. The van der Waals surface area contributed by atoms with Gasteiger partial charge in [-0.25, -0.2) is 19.4 Å². The Kier molecular flexibility index (Phi) is 9.78. The predicted molar refractivity (Wildman–Crippen MR) is 183 cm³/mol. The smallest absolute Gasteiger partial charge is 0.407 e. The Morgan fingerprint density at radius 3 is 2.59 bits per heavy atom. The molecule has 0 spiro atoms. The van der Waals surface area contributed by atoms with E-state index in [4.69, 9.17) is 10.2 Å². The number of oxazole rings is 1. The Balaban J connectivity index is 1.05. The van der Waals surface area contributed by atoms with Crippen LogP contribution in [0.4, 0.5) is 16.6 Å². The molecule has 260 valence electrons. The molecule has 1 atom stereocenters. The van der Waals surface area contributed by atoms with E-state index in [1.54, 1.807) is 27.8 Å². The van der Waals surface area contributed by atoms with Crippen LogP contribution in [0.25, 0.3) is 22.1 Å². The maximum Gasteiger partial charge on any atom is 0.407 e. The van der Waals surface area contributed by atoms with Crippen LogP contribution >= 0.6 is 0 Å². The van der Waals surface area contributed by atoms with Gasteiger partial charge < -0.3 is 25.1 Å². The van der Waals surface area contributed by atoms with Gasteiger partial charge in [0.2, 0.25) is 5.91 Å². The molecule has 49 heavy (non-hydrogen) atoms. The van der Waals surface area contributed by atoms with Gasteiger partial charge >= 0.3 is 12.1 Å². The number of piperidine rings is 1. The van der Waals surface area contributed by atoms with Crippen LogP contribution in [-0.2, 0) is 4.79 Å². The lowest BCUT2D eigenvalue weighted by Gasteiger charge is -2.38. The standard InChI is InChI=1S/C33H43N11O5/c1-33(2,3)43(32(47)48)19-18-41-16-14-40(15-17-41)12-7-11-25(45)42-13-6-8-22(20-42)44-29-26(28(34)35-21-36-29)27(39-44)30(46)38-31-37-23-9-4-5-10-24(23)49-31/h4-5,7,9-11,21-22H,6,8,12-20H2,1-3H3,(H,47,48)(H2,34,35,36)(H,37,38,46). The SMILES string of the molecule is CC(C)(C)N(CCN1CCN(CC=CC(=O)N2CCCC(n3nc(C(=O)Nc4nc5ccccc5o4)c4c(N)ncnc43)C2)CC1)C(=O)O. The molecule has 6 rings (SSSR count). The zero-order valence-corrected chi connectivity index (χ0v) is 28.1. The summed E-state index contributed by atoms with van der Waals surface area (Å²) in [5, 5.41) is 17.2. The van der Waals surface area contributed by atoms with Crippen molar-refractivity contribution in [3.63, 3.8) is 0 Å². The number of amides is 3. The van der Waals surface area contributed by atoms with Gasteiger partial charge in [0.25, 0.3) is 5.91 Å². The second kappa shape index (κ2) is 14.2. The molecule has 2 aliphatic heterocycles. The monoisotopic (exact) mass is 673 g/mol. The van der Waals surface area contributed by atoms with E-state index in [0.717, 1.165) is 39.0 Å². The molecule has 16 nitrogen and oxygen atoms in total. The number of nitrogens with zero attached hydrogens (tertiary/aromatic N) is 9. The molecule has 2 aliphatic rings. The Morgan fingerprint density at radius 2 is 1.86 bits per heavy atom. The van der Waals surface area contributed by atoms with Crippen molar-refractivity contribution >= 4 is 51.9 Å². The predicted octanol–water partition coefficient (Wildman–Crippen LogP) is 2.92. The highest BCUT2D eigenvalue weighted by Gasteiger charge is 2.30. The normalized spacial score (nSPS) is 18.0. The molecule has 2 fully saturated rings. The van der Waals surface area contributed by atoms with Gasteiger partial charge in [0.1, 0.15) is 17.7 Å². The first-order valence-electron chi connectivity index (χ1n) is 16.5. The van der Waals surface area contributed by atoms with Crippen molar-refractivity contribution in [1.29, 1.82) is 0 Å². The molecule has 0 bridgehead atoms. The third-order valence-electron chi connectivity index (χ3n) is 9.07. The first-order valence-corrected chi connectivity index (χ1v) is 16.5. The van der Waals surface area contributed by atoms with Crippen molar-refractivity contribution in [3.05, 3.63) is 48.4 Å². The summed E-state index contributed by atoms with van der Waals surface area (Å²) in [6.45, 7) is 11.9. The topological polar surface area (TPSA) is 192 Å². The second-order valence-corrected chi connectivity index (χ2v) is 13.4. The van der Waals surface area contributed by atoms with E-state index in [-0.39, 0.29) is 29.5 Å². The van der Waals surface area contributed by atoms with Gasteiger partial charge in [-0.15, -0.1) is 0 Å². The molecule has 0 saturated carbocycles. The molecule has 1 aromatic carbocycles. The molecule has 5 heterocycles. The van der Waals surface area contributed by atoms with Gasteiger partial charge in [0.05, 0.1) is 11.4 Å². The molecule has 4 N–H and O–H groups in total. The third-order valence-corrected chi connectivity index (χ3v) is 9.07. The number of aromatic nitrogens is 5. The lowest BCUT2D eigenvalue weighted by molar-refractivity contribution is -0.127. The number of nitrogens with one attached hydrogen (secondary N) is 1. The summed E-state index contributed by atoms with van der Waals surface area (Å²) in [4.78, 5) is 59.0. The van der Waals surface area contributed by atoms with Crippen LogP contribution in [0.3, 0.4) is 0 Å². The van der Waals surface area contributed by atoms with Crippen LogP contribution in [0.2, 0.25) is 0 Å². The van der Waals surface area contributed by atoms with Crippen LogP contribution in [0, 0.1) is 0 Å². The Labute approximate surface area is 283 Å². The van der Waals surface area contributed by atoms with Crippen LogP contribution < -0.4 is 11.1 Å². The number of piperazine rings is 1. The van der Waals surface area contributed by atoms with E-state index in [1.165, 1.54) is 11.2 Å². The maximum atomic E-state index is 13.4. The van der Waals surface area contributed by atoms with Crippen molar-refractivity contribution in [2.75, 3.05) is 70.0 Å². The average molecular weight is 674 g/mol. The molecular formula is C33H43N11O5. The third kappa shape index (κ3) is 7.65. The van der Waals surface area contributed by atoms with E-state index in [2.05, 4.69) is 35.2 Å². The Bertz CT molecular complexity index is 1820. The van der Waals surface area contributed by atoms with Crippen LogP contribution in [-0.4, -0.2) is 132 Å². The van der Waals surface area contributed by atoms with E-state index >= 15 is 0 Å². The van der Waals surface area contributed by atoms with Gasteiger partial charge in [-0.05, 0) is 45.7 Å². The van der Waals surface area contributed by atoms with E-state index in [1.807, 2.05) is 39.0 Å². The minimum atomic E-state index is -0.900. The number of nitrogens with two attached hydrogens (primary N) is 1. The molecule has 0 aliphatic carbocycles. The summed E-state index contributed by atoms with van der Waals surface area (Å²) < 4.78 is 7.34. The zero-order chi connectivity index (χ0) is 34.7. The molecule has 0 radical (unpaired) electrons. The van der Waals surface area contributed by atoms with Crippen LogP contribution in [0.1, 0.15) is 50.1 Å². The van der Waals surface area contributed by atoms with Crippen molar-refractivity contribution in [1.82, 2.24) is 44.3 Å². The zero-order valence-electron chi connectivity index (χ0n) is 28.1. The van der Waals surface area contributed by atoms with Crippen molar-refractivity contribution in [2.45, 2.75) is 45.2 Å². The Morgan fingerprint density at radius 1 is 1.10 bits per heavy atom. The molecule has 3 aromatic heterocycles. The van der Waals surface area contributed by atoms with Crippen LogP contribution in [0.5, 0.6) is 0 Å². The van der Waals surface area contributed by atoms with E-state index < -0.39 is 17.5 Å². The highest BCUT2D eigenvalue weighted by molar-refractivity contribution is 6.12. The van der Waals surface area contributed by atoms with Crippen LogP contribution in [0.15, 0.2) is 47.2 Å². The number of nitrogen functional groups attached to an aromatic ring is 1. The first kappa shape index (κ1) is 33.8. The lowest BCUT2D eigenvalue weighted by Crippen LogP contribution is -2.52. The quantitative estimate of drug-likeness (QED) is 0.221. The number of hydrogen-bond donors (Lipinski definition) is 3. The average Bonchev–Trinajstić information content (AvgIpc) is 3.67. The highest BCUT2D eigenvalue weighted by Crippen LogP contribution is 2.29.